The molecular formula is C18H30Cl2N2O4. The number of pyridine rings is 1. The van der Waals surface area contributed by atoms with Gasteiger partial charge in [-0.1, -0.05) is 12.1 Å². The minimum Gasteiger partial charge on any atom is -0.497 e. The van der Waals surface area contributed by atoms with E-state index in [9.17, 15) is 0 Å². The van der Waals surface area contributed by atoms with Gasteiger partial charge in [-0.15, -0.1) is 24.8 Å². The largest absolute Gasteiger partial charge is 0.497 e. The highest BCUT2D eigenvalue weighted by Crippen LogP contribution is 2.43. The third-order valence-corrected chi connectivity index (χ3v) is 4.52. The predicted octanol–water partition coefficient (Wildman–Crippen LogP) is 2.06. The molecule has 1 aromatic carbocycles. The van der Waals surface area contributed by atoms with E-state index >= 15 is 0 Å². The van der Waals surface area contributed by atoms with Gasteiger partial charge >= 0.3 is 0 Å². The fourth-order valence-corrected chi connectivity index (χ4v) is 3.34. The number of aromatic nitrogens is 1. The van der Waals surface area contributed by atoms with E-state index in [0.717, 1.165) is 12.2 Å². The number of halogens is 2. The van der Waals surface area contributed by atoms with Gasteiger partial charge < -0.3 is 26.5 Å². The van der Waals surface area contributed by atoms with Gasteiger partial charge in [-0.25, -0.2) is 0 Å². The summed E-state index contributed by atoms with van der Waals surface area (Å²) in [6.45, 7) is 4.56. The Kier molecular flexibility index (Phi) is 13.6. The molecule has 2 unspecified atom stereocenters. The topological polar surface area (TPSA) is 129 Å². The molecule has 2 heterocycles. The van der Waals surface area contributed by atoms with Crippen LogP contribution in [0.4, 0.5) is 0 Å². The number of ether oxygens (including phenoxy) is 1. The third-order valence-electron chi connectivity index (χ3n) is 4.52. The Morgan fingerprint density at radius 3 is 1.96 bits per heavy atom. The standard InChI is InChI=1S/C18H22N2O.2ClH.3H2O/c1-18(2)16(13-8-10-19-11-9-13)12-17(20-18)14-4-6-15(21-3)7-5-14;;;;;/h4-11,16-17,20H,12H2,1-3H3;2*1H;3*1H2. The Labute approximate surface area is 167 Å². The maximum Gasteiger partial charge on any atom is 0.118 e. The van der Waals surface area contributed by atoms with Crippen molar-refractivity contribution in [1.29, 1.82) is 0 Å². The molecule has 0 saturated carbocycles. The molecule has 2 atom stereocenters. The molecule has 2 aromatic rings. The van der Waals surface area contributed by atoms with Crippen molar-refractivity contribution in [1.82, 2.24) is 10.3 Å². The van der Waals surface area contributed by atoms with E-state index in [0.29, 0.717) is 12.0 Å². The molecule has 3 rings (SSSR count). The average molecular weight is 409 g/mol. The second-order valence-electron chi connectivity index (χ2n) is 6.26. The van der Waals surface area contributed by atoms with Crippen molar-refractivity contribution in [3.63, 3.8) is 0 Å². The van der Waals surface area contributed by atoms with Gasteiger partial charge in [-0.05, 0) is 55.7 Å². The number of rotatable bonds is 3. The second-order valence-corrected chi connectivity index (χ2v) is 6.26. The first-order valence-corrected chi connectivity index (χ1v) is 7.42. The lowest BCUT2D eigenvalue weighted by Gasteiger charge is -2.27. The van der Waals surface area contributed by atoms with Crippen LogP contribution in [-0.2, 0) is 0 Å². The zero-order chi connectivity index (χ0) is 14.9. The van der Waals surface area contributed by atoms with E-state index in [1.54, 1.807) is 7.11 Å². The summed E-state index contributed by atoms with van der Waals surface area (Å²) < 4.78 is 5.24. The van der Waals surface area contributed by atoms with E-state index < -0.39 is 0 Å². The maximum atomic E-state index is 5.24. The molecular weight excluding hydrogens is 379 g/mol. The summed E-state index contributed by atoms with van der Waals surface area (Å²) in [6.07, 6.45) is 4.86. The molecule has 150 valence electrons. The first-order chi connectivity index (χ1) is 10.1. The van der Waals surface area contributed by atoms with Gasteiger partial charge in [-0.2, -0.15) is 0 Å². The number of benzene rings is 1. The Hall–Kier alpha value is -1.41. The number of nitrogens with one attached hydrogen (secondary N) is 1. The summed E-state index contributed by atoms with van der Waals surface area (Å²) >= 11 is 0. The minimum absolute atomic E-state index is 0. The maximum absolute atomic E-state index is 5.24. The summed E-state index contributed by atoms with van der Waals surface area (Å²) in [6, 6.07) is 13.0. The lowest BCUT2D eigenvalue weighted by molar-refractivity contribution is 0.397. The van der Waals surface area contributed by atoms with Crippen LogP contribution in [-0.4, -0.2) is 34.1 Å². The average Bonchev–Trinajstić information content (AvgIpc) is 2.84. The van der Waals surface area contributed by atoms with Crippen LogP contribution in [0.1, 0.15) is 43.4 Å². The van der Waals surface area contributed by atoms with Gasteiger partial charge in [-0.3, -0.25) is 4.98 Å². The molecule has 8 heteroatoms. The zero-order valence-electron chi connectivity index (χ0n) is 15.2. The van der Waals surface area contributed by atoms with E-state index in [-0.39, 0.29) is 46.8 Å². The number of nitrogens with zero attached hydrogens (tertiary/aromatic N) is 1. The molecule has 0 aliphatic carbocycles. The molecule has 26 heavy (non-hydrogen) atoms. The van der Waals surface area contributed by atoms with Crippen molar-refractivity contribution in [3.05, 3.63) is 59.9 Å². The fraction of sp³-hybridized carbons (Fsp3) is 0.389. The van der Waals surface area contributed by atoms with E-state index in [1.807, 2.05) is 24.5 Å². The smallest absolute Gasteiger partial charge is 0.118 e. The number of hydrogen-bond donors (Lipinski definition) is 1. The molecule has 1 aliphatic rings. The van der Waals surface area contributed by atoms with Crippen LogP contribution >= 0.6 is 24.8 Å². The van der Waals surface area contributed by atoms with E-state index in [4.69, 9.17) is 4.74 Å². The highest BCUT2D eigenvalue weighted by molar-refractivity contribution is 5.85. The lowest BCUT2D eigenvalue weighted by Crippen LogP contribution is -2.37. The van der Waals surface area contributed by atoms with Gasteiger partial charge in [0.25, 0.3) is 0 Å². The van der Waals surface area contributed by atoms with Crippen molar-refractivity contribution < 1.29 is 21.2 Å². The highest BCUT2D eigenvalue weighted by Gasteiger charge is 2.40. The summed E-state index contributed by atoms with van der Waals surface area (Å²) in [4.78, 5) is 4.13. The van der Waals surface area contributed by atoms with Crippen molar-refractivity contribution >= 4 is 24.8 Å². The quantitative estimate of drug-likeness (QED) is 0.833. The van der Waals surface area contributed by atoms with Crippen LogP contribution in [0.2, 0.25) is 0 Å². The Morgan fingerprint density at radius 1 is 0.923 bits per heavy atom. The minimum atomic E-state index is 0. The lowest BCUT2D eigenvalue weighted by atomic mass is 9.83. The molecule has 0 amide bonds. The van der Waals surface area contributed by atoms with Crippen LogP contribution in [0, 0.1) is 0 Å². The van der Waals surface area contributed by atoms with E-state index in [2.05, 4.69) is 48.4 Å². The molecule has 0 spiro atoms. The van der Waals surface area contributed by atoms with Crippen molar-refractivity contribution in [2.24, 2.45) is 0 Å². The van der Waals surface area contributed by atoms with Crippen molar-refractivity contribution in [2.75, 3.05) is 7.11 Å². The monoisotopic (exact) mass is 408 g/mol. The van der Waals surface area contributed by atoms with Crippen LogP contribution < -0.4 is 10.1 Å². The summed E-state index contributed by atoms with van der Waals surface area (Å²) in [5, 5.41) is 3.77. The van der Waals surface area contributed by atoms with E-state index in [1.165, 1.54) is 11.1 Å². The molecule has 1 fully saturated rings. The Bertz CT molecular complexity index is 612. The zero-order valence-corrected chi connectivity index (χ0v) is 16.8. The first kappa shape index (κ1) is 29.4. The van der Waals surface area contributed by atoms with Gasteiger partial charge in [0.1, 0.15) is 5.75 Å². The van der Waals surface area contributed by atoms with Gasteiger partial charge in [0.2, 0.25) is 0 Å². The molecule has 1 aliphatic heterocycles. The van der Waals surface area contributed by atoms with Crippen LogP contribution in [0.5, 0.6) is 5.75 Å². The van der Waals surface area contributed by atoms with Gasteiger partial charge in [0, 0.05) is 29.9 Å². The molecule has 7 N–H and O–H groups in total. The fourth-order valence-electron chi connectivity index (χ4n) is 3.34. The van der Waals surface area contributed by atoms with Gasteiger partial charge in [0.15, 0.2) is 0 Å². The normalized spacial score (nSPS) is 19.3. The highest BCUT2D eigenvalue weighted by atomic mass is 35.5. The number of methoxy groups -OCH3 is 1. The summed E-state index contributed by atoms with van der Waals surface area (Å²) in [5.41, 5.74) is 2.75. The van der Waals surface area contributed by atoms with Crippen molar-refractivity contribution in [3.8, 4) is 5.75 Å². The second kappa shape index (κ2) is 12.1. The molecule has 6 nitrogen and oxygen atoms in total. The van der Waals surface area contributed by atoms with Crippen LogP contribution in [0.15, 0.2) is 48.8 Å². The Balaban J connectivity index is -0.00000106. The summed E-state index contributed by atoms with van der Waals surface area (Å²) in [5.74, 6) is 1.40. The van der Waals surface area contributed by atoms with Crippen LogP contribution in [0.3, 0.4) is 0 Å². The first-order valence-electron chi connectivity index (χ1n) is 7.42. The summed E-state index contributed by atoms with van der Waals surface area (Å²) in [7, 11) is 1.70. The van der Waals surface area contributed by atoms with Gasteiger partial charge in [0.05, 0.1) is 7.11 Å². The number of hydrogen-bond acceptors (Lipinski definition) is 3. The molecule has 0 bridgehead atoms. The predicted molar refractivity (Wildman–Crippen MR) is 110 cm³/mol. The Morgan fingerprint density at radius 2 is 1.46 bits per heavy atom. The van der Waals surface area contributed by atoms with Crippen LogP contribution in [0.25, 0.3) is 0 Å². The SMILES string of the molecule is COc1ccc(C2CC(c3ccncc3)C(C)(C)N2)cc1.Cl.Cl.O.O.O. The molecule has 1 saturated heterocycles. The van der Waals surface area contributed by atoms with Crippen molar-refractivity contribution in [2.45, 2.75) is 37.8 Å². The molecule has 1 aromatic heterocycles. The third kappa shape index (κ3) is 6.09. The molecule has 0 radical (unpaired) electrons.